The number of anilines is 1. The number of para-hydroxylation sites is 1. The second-order valence-electron chi connectivity index (χ2n) is 4.66. The summed E-state index contributed by atoms with van der Waals surface area (Å²) in [4.78, 5) is 23.9. The lowest BCUT2D eigenvalue weighted by Crippen LogP contribution is -2.37. The lowest BCUT2D eigenvalue weighted by atomic mass is 9.98. The van der Waals surface area contributed by atoms with Crippen LogP contribution in [0.3, 0.4) is 0 Å². The molecule has 1 heterocycles. The maximum atomic E-state index is 12.1. The predicted molar refractivity (Wildman–Crippen MR) is 81.3 cm³/mol. The lowest BCUT2D eigenvalue weighted by molar-refractivity contribution is -0.120. The van der Waals surface area contributed by atoms with Gasteiger partial charge in [0.05, 0.1) is 17.2 Å². The summed E-state index contributed by atoms with van der Waals surface area (Å²) in [7, 11) is 1.58. The molecule has 5 nitrogen and oxygen atoms in total. The van der Waals surface area contributed by atoms with Crippen LogP contribution in [0, 0.1) is 5.92 Å². The fraction of sp³-hybridized carbons (Fsp3) is 0.429. The van der Waals surface area contributed by atoms with Crippen LogP contribution in [0.25, 0.3) is 0 Å². The molecule has 20 heavy (non-hydrogen) atoms. The minimum Gasteiger partial charge on any atom is -0.355 e. The summed E-state index contributed by atoms with van der Waals surface area (Å²) in [5, 5.41) is 8.64. The van der Waals surface area contributed by atoms with Gasteiger partial charge in [0.2, 0.25) is 5.91 Å². The second kappa shape index (κ2) is 7.87. The minimum absolute atomic E-state index is 0. The van der Waals surface area contributed by atoms with Gasteiger partial charge in [-0.05, 0) is 31.5 Å². The van der Waals surface area contributed by atoms with Gasteiger partial charge >= 0.3 is 0 Å². The van der Waals surface area contributed by atoms with Crippen molar-refractivity contribution in [3.05, 3.63) is 29.8 Å². The van der Waals surface area contributed by atoms with E-state index < -0.39 is 0 Å². The maximum Gasteiger partial charge on any atom is 0.253 e. The van der Waals surface area contributed by atoms with E-state index in [1.165, 1.54) is 0 Å². The van der Waals surface area contributed by atoms with E-state index in [4.69, 9.17) is 0 Å². The number of rotatable bonds is 3. The van der Waals surface area contributed by atoms with Gasteiger partial charge in [-0.25, -0.2) is 0 Å². The first-order chi connectivity index (χ1) is 9.22. The van der Waals surface area contributed by atoms with Crippen molar-refractivity contribution in [2.75, 3.05) is 25.5 Å². The fourth-order valence-electron chi connectivity index (χ4n) is 2.24. The molecule has 0 aliphatic carbocycles. The van der Waals surface area contributed by atoms with Crippen LogP contribution in [-0.4, -0.2) is 32.0 Å². The summed E-state index contributed by atoms with van der Waals surface area (Å²) in [6.45, 7) is 1.67. The molecule has 0 spiro atoms. The first kappa shape index (κ1) is 16.5. The van der Waals surface area contributed by atoms with E-state index in [-0.39, 0.29) is 30.1 Å². The Labute approximate surface area is 124 Å². The number of hydrogen-bond acceptors (Lipinski definition) is 3. The molecule has 3 N–H and O–H groups in total. The van der Waals surface area contributed by atoms with Crippen LogP contribution >= 0.6 is 12.4 Å². The smallest absolute Gasteiger partial charge is 0.253 e. The molecule has 0 radical (unpaired) electrons. The van der Waals surface area contributed by atoms with Crippen molar-refractivity contribution in [2.24, 2.45) is 5.92 Å². The zero-order valence-electron chi connectivity index (χ0n) is 11.4. The van der Waals surface area contributed by atoms with E-state index >= 15 is 0 Å². The Morgan fingerprint density at radius 2 is 2.05 bits per heavy atom. The third-order valence-corrected chi connectivity index (χ3v) is 3.32. The standard InChI is InChI=1S/C14H19N3O2.ClH/c1-15-14(19)11-6-2-3-7-12(11)17-13(18)10-5-4-8-16-9-10;/h2-3,6-7,10,16H,4-5,8-9H2,1H3,(H,15,19)(H,17,18);1H. The molecule has 1 aromatic rings. The molecule has 2 rings (SSSR count). The number of carbonyl (C=O) groups is 2. The van der Waals surface area contributed by atoms with Gasteiger partial charge < -0.3 is 16.0 Å². The van der Waals surface area contributed by atoms with Crippen molar-refractivity contribution in [3.63, 3.8) is 0 Å². The van der Waals surface area contributed by atoms with Crippen LogP contribution < -0.4 is 16.0 Å². The van der Waals surface area contributed by atoms with Crippen LogP contribution in [0.2, 0.25) is 0 Å². The molecule has 1 aromatic carbocycles. The lowest BCUT2D eigenvalue weighted by Gasteiger charge is -2.22. The van der Waals surface area contributed by atoms with E-state index in [0.717, 1.165) is 19.4 Å². The Balaban J connectivity index is 0.00000200. The van der Waals surface area contributed by atoms with E-state index in [9.17, 15) is 9.59 Å². The monoisotopic (exact) mass is 297 g/mol. The second-order valence-corrected chi connectivity index (χ2v) is 4.66. The molecular weight excluding hydrogens is 278 g/mol. The first-order valence-corrected chi connectivity index (χ1v) is 6.55. The summed E-state index contributed by atoms with van der Waals surface area (Å²) in [6.07, 6.45) is 1.90. The molecule has 0 bridgehead atoms. The minimum atomic E-state index is -0.197. The average Bonchev–Trinajstić information content (AvgIpc) is 2.48. The van der Waals surface area contributed by atoms with Crippen molar-refractivity contribution in [3.8, 4) is 0 Å². The number of carbonyl (C=O) groups excluding carboxylic acids is 2. The third-order valence-electron chi connectivity index (χ3n) is 3.32. The van der Waals surface area contributed by atoms with Gasteiger partial charge in [0, 0.05) is 13.6 Å². The van der Waals surface area contributed by atoms with Crippen molar-refractivity contribution < 1.29 is 9.59 Å². The van der Waals surface area contributed by atoms with E-state index in [1.807, 2.05) is 0 Å². The van der Waals surface area contributed by atoms with Crippen LogP contribution in [0.15, 0.2) is 24.3 Å². The summed E-state index contributed by atoms with van der Waals surface area (Å²) in [5.74, 6) is -0.243. The summed E-state index contributed by atoms with van der Waals surface area (Å²) < 4.78 is 0. The zero-order chi connectivity index (χ0) is 13.7. The van der Waals surface area contributed by atoms with E-state index in [1.54, 1.807) is 31.3 Å². The largest absolute Gasteiger partial charge is 0.355 e. The van der Waals surface area contributed by atoms with E-state index in [2.05, 4.69) is 16.0 Å². The summed E-state index contributed by atoms with van der Waals surface area (Å²) in [6, 6.07) is 7.04. The third kappa shape index (κ3) is 3.95. The summed E-state index contributed by atoms with van der Waals surface area (Å²) in [5.41, 5.74) is 1.06. The quantitative estimate of drug-likeness (QED) is 0.790. The highest BCUT2D eigenvalue weighted by Gasteiger charge is 2.22. The van der Waals surface area contributed by atoms with Gasteiger partial charge in [-0.2, -0.15) is 0 Å². The Kier molecular flexibility index (Phi) is 6.48. The average molecular weight is 298 g/mol. The van der Waals surface area contributed by atoms with Gasteiger partial charge in [0.1, 0.15) is 0 Å². The van der Waals surface area contributed by atoms with Gasteiger partial charge in [0.25, 0.3) is 5.91 Å². The molecule has 1 atom stereocenters. The maximum absolute atomic E-state index is 12.1. The van der Waals surface area contributed by atoms with Crippen molar-refractivity contribution in [2.45, 2.75) is 12.8 Å². The highest BCUT2D eigenvalue weighted by molar-refractivity contribution is 6.04. The molecular formula is C14H20ClN3O2. The van der Waals surface area contributed by atoms with Crippen LogP contribution in [0.5, 0.6) is 0 Å². The molecule has 110 valence electrons. The van der Waals surface area contributed by atoms with Crippen molar-refractivity contribution in [1.29, 1.82) is 0 Å². The van der Waals surface area contributed by atoms with Crippen LogP contribution in [-0.2, 0) is 4.79 Å². The Morgan fingerprint density at radius 3 is 2.70 bits per heavy atom. The molecule has 1 aliphatic rings. The van der Waals surface area contributed by atoms with Gasteiger partial charge in [-0.1, -0.05) is 12.1 Å². The number of benzene rings is 1. The number of nitrogens with one attached hydrogen (secondary N) is 3. The number of hydrogen-bond donors (Lipinski definition) is 3. The zero-order valence-corrected chi connectivity index (χ0v) is 12.3. The number of piperidine rings is 1. The summed E-state index contributed by atoms with van der Waals surface area (Å²) >= 11 is 0. The molecule has 0 aromatic heterocycles. The fourth-order valence-corrected chi connectivity index (χ4v) is 2.24. The topological polar surface area (TPSA) is 70.2 Å². The molecule has 1 aliphatic heterocycles. The predicted octanol–water partition coefficient (Wildman–Crippen LogP) is 1.41. The molecule has 0 saturated carbocycles. The molecule has 1 unspecified atom stereocenters. The normalized spacial score (nSPS) is 17.8. The Bertz CT molecular complexity index is 473. The van der Waals surface area contributed by atoms with Crippen molar-refractivity contribution in [1.82, 2.24) is 10.6 Å². The number of amides is 2. The molecule has 2 amide bonds. The first-order valence-electron chi connectivity index (χ1n) is 6.55. The molecule has 1 saturated heterocycles. The molecule has 1 fully saturated rings. The SMILES string of the molecule is CNC(=O)c1ccccc1NC(=O)C1CCCNC1.Cl. The van der Waals surface area contributed by atoms with Crippen molar-refractivity contribution >= 4 is 29.9 Å². The highest BCUT2D eigenvalue weighted by Crippen LogP contribution is 2.18. The molecule has 6 heteroatoms. The van der Waals surface area contributed by atoms with Gasteiger partial charge in [-0.3, -0.25) is 9.59 Å². The Hall–Kier alpha value is -1.59. The van der Waals surface area contributed by atoms with Crippen LogP contribution in [0.1, 0.15) is 23.2 Å². The van der Waals surface area contributed by atoms with E-state index in [0.29, 0.717) is 17.8 Å². The Morgan fingerprint density at radius 1 is 1.30 bits per heavy atom. The van der Waals surface area contributed by atoms with Crippen LogP contribution in [0.4, 0.5) is 5.69 Å². The number of halogens is 1. The van der Waals surface area contributed by atoms with Gasteiger partial charge in [-0.15, -0.1) is 12.4 Å². The highest BCUT2D eigenvalue weighted by atomic mass is 35.5. The van der Waals surface area contributed by atoms with Gasteiger partial charge in [0.15, 0.2) is 0 Å².